The summed E-state index contributed by atoms with van der Waals surface area (Å²) in [6.07, 6.45) is -12.0. The maximum absolute atomic E-state index is 14.3. The van der Waals surface area contributed by atoms with Crippen molar-refractivity contribution in [3.05, 3.63) is 56.0 Å². The molecule has 18 heteroatoms. The third-order valence-corrected chi connectivity index (χ3v) is 6.39. The van der Waals surface area contributed by atoms with Gasteiger partial charge in [0.2, 0.25) is 11.7 Å². The van der Waals surface area contributed by atoms with Gasteiger partial charge in [0.25, 0.3) is 11.5 Å². The minimum atomic E-state index is -5.74. The van der Waals surface area contributed by atoms with Gasteiger partial charge in [0.15, 0.2) is 23.3 Å². The molecule has 1 aromatic carbocycles. The SMILES string of the molecule is Cc1cc(C2=NOC(c3c(F)c(F)c(F)c(F)c3F)(C(F)(F)F)C2)sc1C(=O)NCC(=O)NCC(F)(F)F. The summed E-state index contributed by atoms with van der Waals surface area (Å²) in [5, 5.41) is 6.63. The first kappa shape index (κ1) is 29.1. The molecule has 2 amide bonds. The van der Waals surface area contributed by atoms with Crippen molar-refractivity contribution in [3.63, 3.8) is 0 Å². The number of rotatable bonds is 6. The Balaban J connectivity index is 1.86. The summed E-state index contributed by atoms with van der Waals surface area (Å²) < 4.78 is 148. The van der Waals surface area contributed by atoms with E-state index in [2.05, 4.69) is 9.99 Å². The zero-order chi connectivity index (χ0) is 28.8. The van der Waals surface area contributed by atoms with Gasteiger partial charge in [0.05, 0.1) is 28.3 Å². The topological polar surface area (TPSA) is 79.8 Å². The van der Waals surface area contributed by atoms with E-state index < -0.39 is 89.6 Å². The van der Waals surface area contributed by atoms with E-state index in [1.165, 1.54) is 12.2 Å². The minimum Gasteiger partial charge on any atom is -0.374 e. The number of benzene rings is 1. The van der Waals surface area contributed by atoms with Crippen molar-refractivity contribution >= 4 is 28.9 Å². The summed E-state index contributed by atoms with van der Waals surface area (Å²) in [5.74, 6) is -15.7. The Bertz CT molecular complexity index is 1290. The summed E-state index contributed by atoms with van der Waals surface area (Å²) in [6, 6.07) is 1.09. The summed E-state index contributed by atoms with van der Waals surface area (Å²) in [6.45, 7) is -1.26. The molecule has 208 valence electrons. The Hall–Kier alpha value is -3.44. The van der Waals surface area contributed by atoms with Crippen LogP contribution in [0.15, 0.2) is 11.2 Å². The third-order valence-electron chi connectivity index (χ3n) is 5.10. The first-order valence-electron chi connectivity index (χ1n) is 9.95. The molecule has 0 saturated carbocycles. The minimum absolute atomic E-state index is 0.0849. The number of halogens is 11. The van der Waals surface area contributed by atoms with Crippen LogP contribution in [-0.4, -0.2) is 43.0 Å². The van der Waals surface area contributed by atoms with E-state index in [4.69, 9.17) is 0 Å². The molecule has 0 bridgehead atoms. The van der Waals surface area contributed by atoms with Crippen LogP contribution in [0.4, 0.5) is 48.3 Å². The van der Waals surface area contributed by atoms with Gasteiger partial charge in [-0.2, -0.15) is 26.3 Å². The first-order chi connectivity index (χ1) is 17.4. The lowest BCUT2D eigenvalue weighted by Crippen LogP contribution is -2.44. The number of amides is 2. The van der Waals surface area contributed by atoms with Crippen molar-refractivity contribution in [1.82, 2.24) is 10.6 Å². The summed E-state index contributed by atoms with van der Waals surface area (Å²) in [4.78, 5) is 27.6. The highest BCUT2D eigenvalue weighted by atomic mass is 32.1. The highest BCUT2D eigenvalue weighted by Gasteiger charge is 2.65. The van der Waals surface area contributed by atoms with Crippen LogP contribution in [-0.2, 0) is 15.2 Å². The number of hydrogen-bond acceptors (Lipinski definition) is 5. The molecule has 2 heterocycles. The number of hydrogen-bond donors (Lipinski definition) is 2. The van der Waals surface area contributed by atoms with Gasteiger partial charge < -0.3 is 15.5 Å². The van der Waals surface area contributed by atoms with E-state index in [-0.39, 0.29) is 15.3 Å². The van der Waals surface area contributed by atoms with E-state index in [0.29, 0.717) is 11.3 Å². The molecular formula is C20H12F11N3O3S. The molecule has 6 nitrogen and oxygen atoms in total. The molecule has 2 aromatic rings. The molecule has 0 aliphatic carbocycles. The molecule has 1 unspecified atom stereocenters. The monoisotopic (exact) mass is 583 g/mol. The fourth-order valence-corrected chi connectivity index (χ4v) is 4.37. The zero-order valence-electron chi connectivity index (χ0n) is 18.4. The highest BCUT2D eigenvalue weighted by molar-refractivity contribution is 7.16. The van der Waals surface area contributed by atoms with E-state index in [9.17, 15) is 57.9 Å². The molecule has 0 fully saturated rings. The van der Waals surface area contributed by atoms with Crippen LogP contribution < -0.4 is 10.6 Å². The van der Waals surface area contributed by atoms with Gasteiger partial charge in [-0.1, -0.05) is 5.16 Å². The van der Waals surface area contributed by atoms with Crippen molar-refractivity contribution < 1.29 is 62.7 Å². The number of nitrogens with zero attached hydrogens (tertiary/aromatic N) is 1. The highest BCUT2D eigenvalue weighted by Crippen LogP contribution is 2.51. The number of aryl methyl sites for hydroxylation is 1. The summed E-state index contributed by atoms with van der Waals surface area (Å²) >= 11 is 0.460. The maximum atomic E-state index is 14.3. The molecule has 2 N–H and O–H groups in total. The molecule has 1 aliphatic rings. The smallest absolute Gasteiger partial charge is 0.374 e. The number of carbonyl (C=O) groups is 2. The van der Waals surface area contributed by atoms with Crippen molar-refractivity contribution in [2.24, 2.45) is 5.16 Å². The van der Waals surface area contributed by atoms with E-state index in [1.807, 2.05) is 5.32 Å². The van der Waals surface area contributed by atoms with Crippen LogP contribution in [0.25, 0.3) is 0 Å². The predicted molar refractivity (Wildman–Crippen MR) is 107 cm³/mol. The molecule has 0 spiro atoms. The second-order valence-electron chi connectivity index (χ2n) is 7.77. The van der Waals surface area contributed by atoms with Gasteiger partial charge in [-0.3, -0.25) is 9.59 Å². The fraction of sp³-hybridized carbons (Fsp3) is 0.350. The molecule has 0 saturated heterocycles. The summed E-state index contributed by atoms with van der Waals surface area (Å²) in [5.41, 5.74) is -7.00. The molecular weight excluding hydrogens is 571 g/mol. The Morgan fingerprint density at radius 3 is 2.05 bits per heavy atom. The lowest BCUT2D eigenvalue weighted by molar-refractivity contribution is -0.278. The van der Waals surface area contributed by atoms with Crippen molar-refractivity contribution in [2.75, 3.05) is 13.1 Å². The largest absolute Gasteiger partial charge is 0.436 e. The van der Waals surface area contributed by atoms with Gasteiger partial charge in [-0.05, 0) is 18.6 Å². The quantitative estimate of drug-likeness (QED) is 0.293. The molecule has 1 atom stereocenters. The average Bonchev–Trinajstić information content (AvgIpc) is 3.43. The third kappa shape index (κ3) is 5.39. The lowest BCUT2D eigenvalue weighted by atomic mass is 9.86. The second kappa shape index (κ2) is 10.0. The molecule has 3 rings (SSSR count). The van der Waals surface area contributed by atoms with Gasteiger partial charge in [0, 0.05) is 0 Å². The first-order valence-corrected chi connectivity index (χ1v) is 10.8. The Morgan fingerprint density at radius 1 is 0.974 bits per heavy atom. The maximum Gasteiger partial charge on any atom is 0.436 e. The Kier molecular flexibility index (Phi) is 7.69. The standard InChI is InChI=1S/C20H12F11N3O3S/c1-6-2-8(38-16(6)17(36)32-4-9(35)33-5-19(26,27)28)7-3-18(37-34-7,20(29,30)31)10-11(21)13(23)15(25)14(24)12(10)22/h2H,3-5H2,1H3,(H,32,36)(H,33,35). The van der Waals surface area contributed by atoms with E-state index in [1.54, 1.807) is 0 Å². The van der Waals surface area contributed by atoms with E-state index in [0.717, 1.165) is 6.07 Å². The Labute approximate surface area is 208 Å². The Morgan fingerprint density at radius 2 is 1.53 bits per heavy atom. The van der Waals surface area contributed by atoms with Gasteiger partial charge in [-0.15, -0.1) is 11.3 Å². The van der Waals surface area contributed by atoms with Crippen LogP contribution in [0.5, 0.6) is 0 Å². The average molecular weight is 583 g/mol. The van der Waals surface area contributed by atoms with Crippen molar-refractivity contribution in [1.29, 1.82) is 0 Å². The number of thiophene rings is 1. The second-order valence-corrected chi connectivity index (χ2v) is 8.83. The number of nitrogens with one attached hydrogen (secondary N) is 2. The number of oxime groups is 1. The number of carbonyl (C=O) groups excluding carboxylic acids is 2. The van der Waals surface area contributed by atoms with Crippen LogP contribution in [0.1, 0.15) is 32.1 Å². The number of alkyl halides is 6. The molecule has 0 radical (unpaired) electrons. The van der Waals surface area contributed by atoms with Crippen LogP contribution in [0.2, 0.25) is 0 Å². The molecule has 1 aliphatic heterocycles. The molecule has 1 aromatic heterocycles. The zero-order valence-corrected chi connectivity index (χ0v) is 19.3. The van der Waals surface area contributed by atoms with Crippen LogP contribution in [0.3, 0.4) is 0 Å². The lowest BCUT2D eigenvalue weighted by Gasteiger charge is -2.30. The fourth-order valence-electron chi connectivity index (χ4n) is 3.30. The van der Waals surface area contributed by atoms with Crippen molar-refractivity contribution in [2.45, 2.75) is 31.3 Å². The molecule has 38 heavy (non-hydrogen) atoms. The van der Waals surface area contributed by atoms with Crippen LogP contribution >= 0.6 is 11.3 Å². The van der Waals surface area contributed by atoms with Crippen LogP contribution in [0, 0.1) is 36.0 Å². The predicted octanol–water partition coefficient (Wildman–Crippen LogP) is 4.74. The van der Waals surface area contributed by atoms with Gasteiger partial charge in [0.1, 0.15) is 12.3 Å². The van der Waals surface area contributed by atoms with Gasteiger partial charge in [-0.25, -0.2) is 22.0 Å². The van der Waals surface area contributed by atoms with Gasteiger partial charge >= 0.3 is 12.4 Å². The normalized spacial score (nSPS) is 17.7. The summed E-state index contributed by atoms with van der Waals surface area (Å²) in [7, 11) is 0. The van der Waals surface area contributed by atoms with Crippen molar-refractivity contribution in [3.8, 4) is 0 Å². The van der Waals surface area contributed by atoms with E-state index >= 15 is 0 Å².